The quantitative estimate of drug-likeness (QED) is 0.116. The molecule has 1 atom stereocenters. The van der Waals surface area contributed by atoms with E-state index in [0.717, 1.165) is 23.1 Å². The zero-order chi connectivity index (χ0) is 28.8. The molecule has 0 fully saturated rings. The number of aliphatic hydroxyl groups is 1. The summed E-state index contributed by atoms with van der Waals surface area (Å²) in [5.74, 6) is -0.827. The van der Waals surface area contributed by atoms with Crippen molar-refractivity contribution in [2.75, 3.05) is 23.8 Å². The monoisotopic (exact) mass is 571 g/mol. The predicted octanol–water partition coefficient (Wildman–Crippen LogP) is 3.20. The number of nitrogens with one attached hydrogen (secondary N) is 3. The van der Waals surface area contributed by atoms with Crippen molar-refractivity contribution >= 4 is 45.6 Å². The van der Waals surface area contributed by atoms with Crippen LogP contribution in [0.25, 0.3) is 10.6 Å². The van der Waals surface area contributed by atoms with Gasteiger partial charge >= 0.3 is 0 Å². The summed E-state index contributed by atoms with van der Waals surface area (Å²) in [4.78, 5) is 26.6. The zero-order valence-corrected chi connectivity index (χ0v) is 23.1. The Labute approximate surface area is 240 Å². The molecule has 3 heterocycles. The third kappa shape index (κ3) is 6.48. The molecule has 1 aliphatic heterocycles. The summed E-state index contributed by atoms with van der Waals surface area (Å²) in [6.07, 6.45) is 3.63. The van der Waals surface area contributed by atoms with E-state index in [9.17, 15) is 4.79 Å². The Morgan fingerprint density at radius 2 is 1.98 bits per heavy atom. The van der Waals surface area contributed by atoms with Crippen LogP contribution < -0.4 is 16.4 Å². The minimum Gasteiger partial charge on any atom is -0.405 e. The Morgan fingerprint density at radius 1 is 1.20 bits per heavy atom. The van der Waals surface area contributed by atoms with Gasteiger partial charge in [0.1, 0.15) is 10.0 Å². The largest absolute Gasteiger partial charge is 0.405 e. The molecule has 0 saturated carbocycles. The Hall–Kier alpha value is -4.88. The molecule has 0 spiro atoms. The van der Waals surface area contributed by atoms with E-state index in [4.69, 9.17) is 21.0 Å². The summed E-state index contributed by atoms with van der Waals surface area (Å²) in [7, 11) is 1.81. The van der Waals surface area contributed by atoms with E-state index in [0.29, 0.717) is 34.4 Å². The molecule has 2 aromatic carbocycles. The van der Waals surface area contributed by atoms with Crippen LogP contribution in [0.15, 0.2) is 77.0 Å². The number of aryl methyl sites for hydroxylation is 1. The van der Waals surface area contributed by atoms with Crippen molar-refractivity contribution < 1.29 is 14.6 Å². The SMILES string of the molecule is Cn1cc(-c2nc(C(=N)OC(N)=NC3N=C(c4ccccc4)c4ccccc4NC3=O)c(NCCCCO)s2)cn1. The van der Waals surface area contributed by atoms with Crippen molar-refractivity contribution in [1.82, 2.24) is 14.8 Å². The van der Waals surface area contributed by atoms with Crippen molar-refractivity contribution in [2.45, 2.75) is 19.0 Å². The minimum atomic E-state index is -1.25. The number of hydrogen-bond donors (Lipinski definition) is 5. The molecule has 0 bridgehead atoms. The molecular weight excluding hydrogens is 542 g/mol. The normalized spacial score (nSPS) is 15.0. The van der Waals surface area contributed by atoms with E-state index in [-0.39, 0.29) is 18.2 Å². The first-order valence-corrected chi connectivity index (χ1v) is 13.7. The summed E-state index contributed by atoms with van der Waals surface area (Å²) in [6, 6.07) is 16.4. The number of aliphatic hydroxyl groups excluding tert-OH is 1. The fraction of sp³-hybridized carbons (Fsp3) is 0.214. The number of hydrogen-bond acceptors (Lipinski definition) is 10. The Kier molecular flexibility index (Phi) is 8.46. The molecule has 5 rings (SSSR count). The molecule has 0 saturated heterocycles. The molecule has 4 aromatic rings. The van der Waals surface area contributed by atoms with E-state index < -0.39 is 18.1 Å². The van der Waals surface area contributed by atoms with E-state index in [1.165, 1.54) is 11.3 Å². The fourth-order valence-electron chi connectivity index (χ4n) is 4.15. The lowest BCUT2D eigenvalue weighted by molar-refractivity contribution is -0.117. The lowest BCUT2D eigenvalue weighted by Gasteiger charge is -2.10. The summed E-state index contributed by atoms with van der Waals surface area (Å²) in [5.41, 5.74) is 9.87. The van der Waals surface area contributed by atoms with Gasteiger partial charge in [-0.1, -0.05) is 59.9 Å². The van der Waals surface area contributed by atoms with Crippen molar-refractivity contribution in [3.63, 3.8) is 0 Å². The number of aliphatic imine (C=N–C) groups is 2. The molecule has 0 aliphatic carbocycles. The van der Waals surface area contributed by atoms with Gasteiger partial charge in [0.05, 0.1) is 17.6 Å². The zero-order valence-electron chi connectivity index (χ0n) is 22.2. The number of thiazole rings is 1. The maximum atomic E-state index is 13.1. The van der Waals surface area contributed by atoms with Gasteiger partial charge in [0, 0.05) is 43.1 Å². The van der Waals surface area contributed by atoms with Gasteiger partial charge in [0.2, 0.25) is 12.1 Å². The van der Waals surface area contributed by atoms with Crippen molar-refractivity contribution in [3.8, 4) is 10.6 Å². The first-order valence-electron chi connectivity index (χ1n) is 12.9. The number of ether oxygens (including phenoxy) is 1. The Morgan fingerprint density at radius 3 is 2.73 bits per heavy atom. The molecule has 1 unspecified atom stereocenters. The highest BCUT2D eigenvalue weighted by Crippen LogP contribution is 2.32. The van der Waals surface area contributed by atoms with Gasteiger partial charge in [-0.3, -0.25) is 14.9 Å². The van der Waals surface area contributed by atoms with Crippen LogP contribution >= 0.6 is 11.3 Å². The van der Waals surface area contributed by atoms with Crippen LogP contribution in [0.2, 0.25) is 0 Å². The summed E-state index contributed by atoms with van der Waals surface area (Å²) < 4.78 is 7.24. The molecule has 12 nitrogen and oxygen atoms in total. The second-order valence-electron chi connectivity index (χ2n) is 9.11. The summed E-state index contributed by atoms with van der Waals surface area (Å²) in [6.45, 7) is 0.664. The van der Waals surface area contributed by atoms with Gasteiger partial charge in [-0.05, 0) is 18.9 Å². The molecular formula is C28H29N9O3S. The van der Waals surface area contributed by atoms with Crippen LogP contribution in [-0.2, 0) is 16.6 Å². The average Bonchev–Trinajstić information content (AvgIpc) is 3.57. The Bertz CT molecular complexity index is 1610. The number of fused-ring (bicyclic) bond motifs is 1. The molecule has 6 N–H and O–H groups in total. The van der Waals surface area contributed by atoms with E-state index in [2.05, 4.69) is 30.7 Å². The van der Waals surface area contributed by atoms with E-state index >= 15 is 0 Å². The van der Waals surface area contributed by atoms with Gasteiger partial charge in [0.25, 0.3) is 11.9 Å². The smallest absolute Gasteiger partial charge is 0.291 e. The van der Waals surface area contributed by atoms with Gasteiger partial charge < -0.3 is 26.2 Å². The molecule has 210 valence electrons. The third-order valence-electron chi connectivity index (χ3n) is 6.09. The standard InChI is InChI=1S/C28H29N9O3S/c1-37-16-18(15-32-37)26-35-22(27(41-26)31-13-7-8-14-38)23(29)40-28(30)36-24-25(39)33-20-12-6-5-11-19(20)21(34-24)17-9-3-2-4-10-17/h2-6,9-12,15-16,24,29,31,38H,7-8,13-14H2,1H3,(H2,30,36)(H,33,39). The molecule has 2 aromatic heterocycles. The second-order valence-corrected chi connectivity index (χ2v) is 10.1. The number of carbonyl (C=O) groups is 1. The summed E-state index contributed by atoms with van der Waals surface area (Å²) in [5, 5.41) is 29.3. The molecule has 1 aliphatic rings. The highest BCUT2D eigenvalue weighted by Gasteiger charge is 2.26. The van der Waals surface area contributed by atoms with E-state index in [1.54, 1.807) is 16.9 Å². The number of benzodiazepines with no additional fused rings is 1. The van der Waals surface area contributed by atoms with Gasteiger partial charge in [-0.25, -0.2) is 9.98 Å². The first-order chi connectivity index (χ1) is 19.9. The number of amidine groups is 1. The van der Waals surface area contributed by atoms with Gasteiger partial charge in [-0.2, -0.15) is 10.1 Å². The number of para-hydroxylation sites is 1. The minimum absolute atomic E-state index is 0.0956. The molecule has 0 radical (unpaired) electrons. The highest BCUT2D eigenvalue weighted by atomic mass is 32.1. The average molecular weight is 572 g/mol. The topological polar surface area (TPSA) is 176 Å². The van der Waals surface area contributed by atoms with Crippen LogP contribution in [0.4, 0.5) is 10.7 Å². The predicted molar refractivity (Wildman–Crippen MR) is 160 cm³/mol. The molecule has 41 heavy (non-hydrogen) atoms. The number of amides is 1. The number of aromatic nitrogens is 3. The van der Waals surface area contributed by atoms with Crippen LogP contribution in [0.5, 0.6) is 0 Å². The summed E-state index contributed by atoms with van der Waals surface area (Å²) >= 11 is 1.34. The number of unbranched alkanes of at least 4 members (excludes halogenated alkanes) is 1. The fourth-order valence-corrected chi connectivity index (χ4v) is 5.11. The first kappa shape index (κ1) is 27.7. The second kappa shape index (κ2) is 12.5. The molecule has 13 heteroatoms. The van der Waals surface area contributed by atoms with Gasteiger partial charge in [-0.15, -0.1) is 0 Å². The number of nitrogens with two attached hydrogens (primary N) is 1. The van der Waals surface area contributed by atoms with Crippen molar-refractivity contribution in [2.24, 2.45) is 22.8 Å². The van der Waals surface area contributed by atoms with Crippen LogP contribution in [-0.4, -0.2) is 62.7 Å². The van der Waals surface area contributed by atoms with Crippen LogP contribution in [0.3, 0.4) is 0 Å². The maximum absolute atomic E-state index is 13.1. The van der Waals surface area contributed by atoms with Crippen molar-refractivity contribution in [3.05, 3.63) is 83.8 Å². The number of nitrogens with zero attached hydrogens (tertiary/aromatic N) is 5. The number of carbonyl (C=O) groups excluding carboxylic acids is 1. The van der Waals surface area contributed by atoms with Crippen LogP contribution in [0.1, 0.15) is 29.7 Å². The Balaban J connectivity index is 1.41. The van der Waals surface area contributed by atoms with E-state index in [1.807, 2.05) is 61.8 Å². The number of anilines is 2. The molecule has 1 amide bonds. The lowest BCUT2D eigenvalue weighted by Crippen LogP contribution is -2.29. The van der Waals surface area contributed by atoms with Crippen molar-refractivity contribution in [1.29, 1.82) is 5.41 Å². The van der Waals surface area contributed by atoms with Gasteiger partial charge in [0.15, 0.2) is 5.69 Å². The number of benzene rings is 2. The third-order valence-corrected chi connectivity index (χ3v) is 7.16. The lowest BCUT2D eigenvalue weighted by atomic mass is 10.0. The highest BCUT2D eigenvalue weighted by molar-refractivity contribution is 7.19. The number of rotatable bonds is 9. The van der Waals surface area contributed by atoms with Crippen LogP contribution in [0, 0.1) is 5.41 Å². The maximum Gasteiger partial charge on any atom is 0.291 e.